The fourth-order valence-electron chi connectivity index (χ4n) is 13.6. The van der Waals surface area contributed by atoms with E-state index in [0.29, 0.717) is 139 Å². The second-order valence-electron chi connectivity index (χ2n) is 26.2. The van der Waals surface area contributed by atoms with Crippen LogP contribution in [0.2, 0.25) is 0 Å². The van der Waals surface area contributed by atoms with Gasteiger partial charge in [-0.15, -0.1) is 23.5 Å². The highest BCUT2D eigenvalue weighted by Gasteiger charge is 2.33. The summed E-state index contributed by atoms with van der Waals surface area (Å²) in [4.78, 5) is 70.0. The maximum Gasteiger partial charge on any atom is 0.263 e. The van der Waals surface area contributed by atoms with Gasteiger partial charge in [-0.2, -0.15) is 5.26 Å². The third-order valence-electron chi connectivity index (χ3n) is 19.2. The Labute approximate surface area is 603 Å². The second-order valence-corrected chi connectivity index (χ2v) is 28.2. The largest absolute Gasteiger partial charge is 0.481 e. The predicted molar refractivity (Wildman–Crippen MR) is 392 cm³/mol. The maximum absolute atomic E-state index is 15.0. The van der Waals surface area contributed by atoms with E-state index in [2.05, 4.69) is 78.8 Å². The van der Waals surface area contributed by atoms with E-state index in [0.717, 1.165) is 87.4 Å². The average Bonchev–Trinajstić information content (AvgIpc) is 0.822. The number of fused-ring (bicyclic) bond motifs is 6. The number of anilines is 3. The summed E-state index contributed by atoms with van der Waals surface area (Å²) >= 11 is 2.93. The van der Waals surface area contributed by atoms with Crippen molar-refractivity contribution in [2.24, 2.45) is 0 Å². The fraction of sp³-hybridized carbons (Fsp3) is 0.387. The van der Waals surface area contributed by atoms with Crippen LogP contribution in [0, 0.1) is 11.3 Å². The van der Waals surface area contributed by atoms with Crippen LogP contribution in [-0.2, 0) is 40.4 Å². The number of aliphatic hydroxyl groups excluding tert-OH is 2. The minimum atomic E-state index is -1.07. The number of pyridine rings is 6. The number of carbonyl (C=O) groups excluding carboxylic acids is 3. The number of hydrogen-bond acceptors (Lipinski definition) is 23. The molecule has 0 radical (unpaired) electrons. The number of hydrogen-bond donors (Lipinski definition) is 8. The number of halogens is 2. The van der Waals surface area contributed by atoms with Gasteiger partial charge in [-0.05, 0) is 137 Å². The lowest BCUT2D eigenvalue weighted by molar-refractivity contribution is -0.118. The first kappa shape index (κ1) is 72.2. The van der Waals surface area contributed by atoms with Gasteiger partial charge >= 0.3 is 0 Å². The number of para-hydroxylation sites is 2. The van der Waals surface area contributed by atoms with Crippen LogP contribution < -0.4 is 46.1 Å². The quantitative estimate of drug-likeness (QED) is 0.0355. The SMILES string of the molecule is COc1ccc2cccc([C@@H](O)CN3CC[C@@H](NCc4ccc5c(n4)NC(=O)CS5)[C@@H](F)C3)c2n1.COc1ccc2cccc([C@@H](O)CN3CC[C@H](NCc4ccc5c(n4)NC(=O)CS5)[C@H](F)C3)c2n1.N#Cc1ccc2nccc(CCN3CCC(NCc4ccc5c(n4)NC(=O)CO5)CC3)c2c1. The van der Waals surface area contributed by atoms with Crippen LogP contribution in [0.5, 0.6) is 17.5 Å². The van der Waals surface area contributed by atoms with E-state index in [1.54, 1.807) is 26.4 Å². The third-order valence-corrected chi connectivity index (χ3v) is 21.3. The summed E-state index contributed by atoms with van der Waals surface area (Å²) in [6.45, 7) is 7.11. The molecular formula is C75H82F2N16O8S2. The molecule has 0 bridgehead atoms. The first-order chi connectivity index (χ1) is 50.2. The van der Waals surface area contributed by atoms with Crippen LogP contribution in [0.15, 0.2) is 137 Å². The molecule has 15 rings (SSSR count). The standard InChI is InChI=1S/2C25H28FN5O3S.C25H26N6O2/c2*1-34-23-8-5-15-3-2-4-17(24(15)30-23)20(32)13-31-10-9-19(18(26)12-31)27-11-16-6-7-21-25(28-16)29-22(33)14-35-21;26-14-17-1-3-22-21(13-17)18(5-9-27-22)6-10-31-11-7-19(8-12-31)28-15-20-2-4-23-25(29-20)30-24(32)16-33-23/h2*2-8,18-20,27,32H,9-14H2,1H3,(H,28,29,33);1-5,9,13,19,28H,6-8,10-12,15-16H2,(H,29,30,32)/t18-,19+,20+;18-,19+,20-;/m10./s1. The maximum atomic E-state index is 15.0. The monoisotopic (exact) mass is 1440 g/mol. The zero-order valence-corrected chi connectivity index (χ0v) is 58.8. The van der Waals surface area contributed by atoms with Crippen LogP contribution in [0.25, 0.3) is 32.7 Å². The van der Waals surface area contributed by atoms with Crippen LogP contribution >= 0.6 is 23.5 Å². The molecule has 8 N–H and O–H groups in total. The molecule has 24 nitrogen and oxygen atoms in total. The molecular weight excluding hydrogens is 1360 g/mol. The van der Waals surface area contributed by atoms with Crippen LogP contribution in [-0.4, -0.2) is 194 Å². The van der Waals surface area contributed by atoms with Crippen molar-refractivity contribution >= 4 is 91.4 Å². The minimum Gasteiger partial charge on any atom is -0.481 e. The Morgan fingerprint density at radius 2 is 1.14 bits per heavy atom. The molecule has 3 saturated heterocycles. The highest BCUT2D eigenvalue weighted by Crippen LogP contribution is 2.34. The van der Waals surface area contributed by atoms with Gasteiger partial charge in [0.05, 0.1) is 93.0 Å². The molecule has 9 aromatic rings. The number of rotatable bonds is 20. The van der Waals surface area contributed by atoms with Crippen molar-refractivity contribution in [2.45, 2.75) is 104 Å². The van der Waals surface area contributed by atoms with Gasteiger partial charge in [0.1, 0.15) is 24.0 Å². The minimum absolute atomic E-state index is 0.0448. The molecule has 0 saturated carbocycles. The molecule has 12 heterocycles. The number of amides is 3. The zero-order valence-electron chi connectivity index (χ0n) is 57.2. The molecule has 6 aliphatic heterocycles. The van der Waals surface area contributed by atoms with Crippen molar-refractivity contribution in [3.8, 4) is 23.6 Å². The molecule has 3 aromatic carbocycles. The summed E-state index contributed by atoms with van der Waals surface area (Å²) < 4.78 is 45.9. The molecule has 3 amide bonds. The van der Waals surface area contributed by atoms with Gasteiger partial charge in [-0.25, -0.2) is 33.7 Å². The third kappa shape index (κ3) is 18.5. The van der Waals surface area contributed by atoms with Crippen molar-refractivity contribution in [1.82, 2.24) is 60.6 Å². The number of aliphatic hydroxyl groups is 2. The molecule has 103 heavy (non-hydrogen) atoms. The molecule has 3 fully saturated rings. The van der Waals surface area contributed by atoms with Gasteiger partial charge < -0.3 is 61.2 Å². The highest BCUT2D eigenvalue weighted by atomic mass is 32.2. The van der Waals surface area contributed by atoms with E-state index < -0.39 is 24.6 Å². The number of alkyl halides is 2. The molecule has 6 atom stereocenters. The first-order valence-electron chi connectivity index (χ1n) is 34.6. The normalized spacial score (nSPS) is 19.9. The number of nitrogens with one attached hydrogen (secondary N) is 6. The number of β-amino-alcohol motifs (C(OH)–C–C–N with tert-alkyl or cyclic N) is 2. The fourth-order valence-corrected chi connectivity index (χ4v) is 15.2. The smallest absolute Gasteiger partial charge is 0.263 e. The Kier molecular flexibility index (Phi) is 23.8. The van der Waals surface area contributed by atoms with Crippen molar-refractivity contribution < 1.29 is 47.6 Å². The van der Waals surface area contributed by atoms with Crippen molar-refractivity contribution in [3.05, 3.63) is 167 Å². The predicted octanol–water partition coefficient (Wildman–Crippen LogP) is 8.47. The Balaban J connectivity index is 0.000000138. The number of thioether (sulfide) groups is 2. The average molecular weight is 1440 g/mol. The van der Waals surface area contributed by atoms with Gasteiger partial charge in [0, 0.05) is 116 Å². The van der Waals surface area contributed by atoms with Crippen molar-refractivity contribution in [2.75, 3.05) is 107 Å². The number of carbonyl (C=O) groups is 3. The number of aromatic nitrogens is 6. The molecule has 28 heteroatoms. The number of ether oxygens (including phenoxy) is 3. The number of likely N-dealkylation sites (tertiary alicyclic amines) is 3. The first-order valence-corrected chi connectivity index (χ1v) is 36.6. The Bertz CT molecular complexity index is 4390. The number of nitrogens with zero attached hydrogens (tertiary/aromatic N) is 10. The molecule has 6 aliphatic rings. The Morgan fingerprint density at radius 3 is 1.68 bits per heavy atom. The summed E-state index contributed by atoms with van der Waals surface area (Å²) in [7, 11) is 3.12. The summed E-state index contributed by atoms with van der Waals surface area (Å²) in [6, 6.07) is 40.1. The summed E-state index contributed by atoms with van der Waals surface area (Å²) in [6.07, 6.45) is 2.47. The number of nitriles is 1. The van der Waals surface area contributed by atoms with Gasteiger partial charge in [0.2, 0.25) is 23.6 Å². The molecule has 6 aromatic heterocycles. The van der Waals surface area contributed by atoms with E-state index in [1.807, 2.05) is 119 Å². The van der Waals surface area contributed by atoms with Crippen LogP contribution in [0.3, 0.4) is 0 Å². The van der Waals surface area contributed by atoms with Crippen LogP contribution in [0.1, 0.15) is 77.2 Å². The number of methoxy groups -OCH3 is 2. The van der Waals surface area contributed by atoms with Crippen molar-refractivity contribution in [1.29, 1.82) is 5.26 Å². The van der Waals surface area contributed by atoms with E-state index in [1.165, 1.54) is 29.1 Å². The lowest BCUT2D eigenvalue weighted by Crippen LogP contribution is -2.51. The summed E-state index contributed by atoms with van der Waals surface area (Å²) in [5.74, 6) is 3.76. The summed E-state index contributed by atoms with van der Waals surface area (Å²) in [5.41, 5.74) is 8.07. The highest BCUT2D eigenvalue weighted by molar-refractivity contribution is 8.00. The molecule has 536 valence electrons. The van der Waals surface area contributed by atoms with E-state index in [4.69, 9.17) is 14.2 Å². The van der Waals surface area contributed by atoms with E-state index in [-0.39, 0.29) is 49.5 Å². The summed E-state index contributed by atoms with van der Waals surface area (Å²) in [5, 5.41) is 52.5. The number of benzene rings is 3. The zero-order chi connectivity index (χ0) is 71.3. The topological polar surface area (TPSA) is 302 Å². The van der Waals surface area contributed by atoms with Gasteiger partial charge in [0.15, 0.2) is 18.2 Å². The second kappa shape index (κ2) is 34.0. The van der Waals surface area contributed by atoms with Crippen molar-refractivity contribution in [3.63, 3.8) is 0 Å². The Morgan fingerprint density at radius 1 is 0.612 bits per heavy atom. The lowest BCUT2D eigenvalue weighted by atomic mass is 10.0. The van der Waals surface area contributed by atoms with E-state index in [9.17, 15) is 29.9 Å². The van der Waals surface area contributed by atoms with Gasteiger partial charge in [0.25, 0.3) is 5.91 Å². The Hall–Kier alpha value is -9.12. The molecule has 0 unspecified atom stereocenters. The number of piperidine rings is 3. The van der Waals surface area contributed by atoms with Gasteiger partial charge in [-0.1, -0.05) is 36.4 Å². The molecule has 0 aliphatic carbocycles. The van der Waals surface area contributed by atoms with E-state index >= 15 is 8.78 Å². The van der Waals surface area contributed by atoms with Gasteiger partial charge in [-0.3, -0.25) is 29.2 Å². The molecule has 0 spiro atoms. The van der Waals surface area contributed by atoms with Crippen LogP contribution in [0.4, 0.5) is 26.2 Å². The lowest BCUT2D eigenvalue weighted by Gasteiger charge is -2.36.